The summed E-state index contributed by atoms with van der Waals surface area (Å²) >= 11 is 0. The minimum Gasteiger partial charge on any atom is -0.369 e. The summed E-state index contributed by atoms with van der Waals surface area (Å²) in [5.74, 6) is 1.30. The molecule has 0 atom stereocenters. The Kier molecular flexibility index (Phi) is 8.00. The molecule has 2 aromatic carbocycles. The quantitative estimate of drug-likeness (QED) is 0.292. The maximum absolute atomic E-state index is 12.8. The zero-order valence-corrected chi connectivity index (χ0v) is 22.1. The second-order valence-corrected chi connectivity index (χ2v) is 12.8. The van der Waals surface area contributed by atoms with Crippen LogP contribution in [0.4, 0.5) is 17.3 Å². The highest BCUT2D eigenvalue weighted by Gasteiger charge is 2.17. The van der Waals surface area contributed by atoms with E-state index in [1.54, 1.807) is 60.8 Å². The molecule has 0 amide bonds. The molecule has 2 aromatic heterocycles. The largest absolute Gasteiger partial charge is 0.369 e. The number of fused-ring (bicyclic) bond motifs is 1. The minimum absolute atomic E-state index is 0.114. The van der Waals surface area contributed by atoms with Crippen molar-refractivity contribution in [3.8, 4) is 0 Å². The van der Waals surface area contributed by atoms with E-state index in [2.05, 4.69) is 25.6 Å². The van der Waals surface area contributed by atoms with E-state index in [9.17, 15) is 16.8 Å². The molecule has 10 nitrogen and oxygen atoms in total. The van der Waals surface area contributed by atoms with E-state index in [4.69, 9.17) is 0 Å². The number of benzene rings is 2. The van der Waals surface area contributed by atoms with Gasteiger partial charge in [-0.15, -0.1) is 0 Å². The van der Waals surface area contributed by atoms with Crippen molar-refractivity contribution in [3.05, 3.63) is 73.2 Å². The number of nitrogens with zero attached hydrogens (tertiary/aromatic N) is 4. The number of nitrogens with one attached hydrogen (secondary N) is 2. The first kappa shape index (κ1) is 26.5. The highest BCUT2D eigenvalue weighted by atomic mass is 32.2. The Balaban J connectivity index is 1.45. The van der Waals surface area contributed by atoms with Gasteiger partial charge in [-0.2, -0.15) is 0 Å². The van der Waals surface area contributed by atoms with Crippen LogP contribution in [0.2, 0.25) is 0 Å². The van der Waals surface area contributed by atoms with E-state index < -0.39 is 19.7 Å². The molecular weight excluding hydrogens is 512 g/mol. The maximum Gasteiger partial charge on any atom is 0.206 e. The Morgan fingerprint density at radius 3 is 2.27 bits per heavy atom. The normalized spacial score (nSPS) is 12.1. The molecule has 4 rings (SSSR count). The lowest BCUT2D eigenvalue weighted by molar-refractivity contribution is 0.367. The molecule has 2 N–H and O–H groups in total. The smallest absolute Gasteiger partial charge is 0.206 e. The average molecular weight is 541 g/mol. The number of hydrogen-bond donors (Lipinski definition) is 2. The number of aromatic nitrogens is 3. The lowest BCUT2D eigenvalue weighted by atomic mass is 10.2. The number of anilines is 3. The molecule has 0 aliphatic heterocycles. The number of likely N-dealkylation sites (N-methyl/N-ethyl adjacent to an activating group) is 1. The third kappa shape index (κ3) is 7.00. The van der Waals surface area contributed by atoms with Crippen LogP contribution in [0.25, 0.3) is 10.9 Å². The maximum atomic E-state index is 12.8. The van der Waals surface area contributed by atoms with Gasteiger partial charge in [-0.1, -0.05) is 18.2 Å². The van der Waals surface area contributed by atoms with Gasteiger partial charge in [-0.05, 0) is 49.5 Å². The Labute approximate surface area is 216 Å². The number of rotatable bonds is 11. The standard InChI is InChI=1S/C25H28N6O4S2/c1-31(14-15-36(2,32)33)13-12-26-24-16-22-23(17-27-24)28-18-29-25(22)30-19-8-10-21(11-9-19)37(34,35)20-6-4-3-5-7-20/h3-11,16-18H,12-15H2,1-2H3,(H,26,27)(H,28,29,30). The van der Waals surface area contributed by atoms with Crippen LogP contribution >= 0.6 is 0 Å². The lowest BCUT2D eigenvalue weighted by Gasteiger charge is -2.16. The molecule has 0 aliphatic carbocycles. The lowest BCUT2D eigenvalue weighted by Crippen LogP contribution is -2.29. The van der Waals surface area contributed by atoms with Gasteiger partial charge in [0.15, 0.2) is 0 Å². The average Bonchev–Trinajstić information content (AvgIpc) is 2.88. The first-order valence-electron chi connectivity index (χ1n) is 11.5. The van der Waals surface area contributed by atoms with Gasteiger partial charge in [0.25, 0.3) is 0 Å². The summed E-state index contributed by atoms with van der Waals surface area (Å²) in [5, 5.41) is 7.22. The monoisotopic (exact) mass is 540 g/mol. The first-order valence-corrected chi connectivity index (χ1v) is 15.0. The van der Waals surface area contributed by atoms with Crippen LogP contribution in [0, 0.1) is 0 Å². The van der Waals surface area contributed by atoms with Gasteiger partial charge in [0.2, 0.25) is 9.84 Å². The summed E-state index contributed by atoms with van der Waals surface area (Å²) in [6.45, 7) is 1.68. The highest BCUT2D eigenvalue weighted by molar-refractivity contribution is 7.91. The van der Waals surface area contributed by atoms with Crippen molar-refractivity contribution in [3.63, 3.8) is 0 Å². The molecule has 37 heavy (non-hydrogen) atoms. The molecule has 12 heteroatoms. The van der Waals surface area contributed by atoms with E-state index in [0.29, 0.717) is 42.5 Å². The summed E-state index contributed by atoms with van der Waals surface area (Å²) in [6, 6.07) is 16.6. The van der Waals surface area contributed by atoms with Crippen molar-refractivity contribution in [2.45, 2.75) is 9.79 Å². The van der Waals surface area contributed by atoms with E-state index in [1.165, 1.54) is 12.6 Å². The zero-order chi connectivity index (χ0) is 26.5. The van der Waals surface area contributed by atoms with Gasteiger partial charge in [0, 0.05) is 37.0 Å². The Morgan fingerprint density at radius 1 is 0.865 bits per heavy atom. The molecule has 194 valence electrons. The number of pyridine rings is 1. The molecule has 4 aromatic rings. The molecule has 0 unspecified atom stereocenters. The van der Waals surface area contributed by atoms with Crippen LogP contribution in [-0.4, -0.2) is 75.4 Å². The second-order valence-electron chi connectivity index (χ2n) is 8.63. The number of sulfone groups is 2. The van der Waals surface area contributed by atoms with Crippen LogP contribution in [0.5, 0.6) is 0 Å². The van der Waals surface area contributed by atoms with Crippen LogP contribution < -0.4 is 10.6 Å². The minimum atomic E-state index is -3.60. The fourth-order valence-corrected chi connectivity index (χ4v) is 5.48. The molecule has 2 heterocycles. The Bertz CT molecular complexity index is 1580. The van der Waals surface area contributed by atoms with Crippen LogP contribution in [0.1, 0.15) is 0 Å². The Hall–Kier alpha value is -3.61. The molecule has 0 saturated heterocycles. The van der Waals surface area contributed by atoms with Crippen molar-refractivity contribution in [1.82, 2.24) is 19.9 Å². The molecule has 0 radical (unpaired) electrons. The van der Waals surface area contributed by atoms with E-state index in [1.807, 2.05) is 18.0 Å². The van der Waals surface area contributed by atoms with Crippen molar-refractivity contribution in [2.24, 2.45) is 0 Å². The van der Waals surface area contributed by atoms with E-state index in [0.717, 1.165) is 5.39 Å². The third-order valence-electron chi connectivity index (χ3n) is 5.65. The fraction of sp³-hybridized carbons (Fsp3) is 0.240. The SMILES string of the molecule is CN(CCNc1cc2c(Nc3ccc(S(=O)(=O)c4ccccc4)cc3)ncnc2cn1)CCS(C)(=O)=O. The second kappa shape index (κ2) is 11.2. The zero-order valence-electron chi connectivity index (χ0n) is 20.5. The highest BCUT2D eigenvalue weighted by Crippen LogP contribution is 2.26. The number of hydrogen-bond acceptors (Lipinski definition) is 10. The van der Waals surface area contributed by atoms with Crippen molar-refractivity contribution in [2.75, 3.05) is 49.3 Å². The van der Waals surface area contributed by atoms with Gasteiger partial charge >= 0.3 is 0 Å². The molecule has 0 spiro atoms. The van der Waals surface area contributed by atoms with Gasteiger partial charge in [-0.25, -0.2) is 31.8 Å². The van der Waals surface area contributed by atoms with Gasteiger partial charge in [-0.3, -0.25) is 0 Å². The van der Waals surface area contributed by atoms with Crippen LogP contribution in [0.15, 0.2) is 83.0 Å². The molecule has 0 aliphatic rings. The predicted octanol–water partition coefficient (Wildman–Crippen LogP) is 2.99. The van der Waals surface area contributed by atoms with E-state index >= 15 is 0 Å². The molecule has 0 fully saturated rings. The molecule has 0 saturated carbocycles. The van der Waals surface area contributed by atoms with Gasteiger partial charge in [0.05, 0.1) is 27.3 Å². The summed E-state index contributed by atoms with van der Waals surface area (Å²) in [5.41, 5.74) is 1.32. The van der Waals surface area contributed by atoms with Crippen molar-refractivity contribution >= 4 is 47.9 Å². The topological polar surface area (TPSA) is 134 Å². The van der Waals surface area contributed by atoms with Crippen molar-refractivity contribution in [1.29, 1.82) is 0 Å². The summed E-state index contributed by atoms with van der Waals surface area (Å²) < 4.78 is 48.4. The predicted molar refractivity (Wildman–Crippen MR) is 145 cm³/mol. The summed E-state index contributed by atoms with van der Waals surface area (Å²) in [6.07, 6.45) is 4.31. The third-order valence-corrected chi connectivity index (χ3v) is 8.36. The van der Waals surface area contributed by atoms with Crippen LogP contribution in [0.3, 0.4) is 0 Å². The van der Waals surface area contributed by atoms with Gasteiger partial charge in [0.1, 0.15) is 27.8 Å². The van der Waals surface area contributed by atoms with Gasteiger partial charge < -0.3 is 15.5 Å². The van der Waals surface area contributed by atoms with E-state index in [-0.39, 0.29) is 15.5 Å². The molecule has 0 bridgehead atoms. The summed E-state index contributed by atoms with van der Waals surface area (Å²) in [4.78, 5) is 15.4. The summed E-state index contributed by atoms with van der Waals surface area (Å²) in [7, 11) is -4.73. The van der Waals surface area contributed by atoms with Crippen LogP contribution in [-0.2, 0) is 19.7 Å². The fourth-order valence-electron chi connectivity index (χ4n) is 3.55. The molecular formula is C25H28N6O4S2. The van der Waals surface area contributed by atoms with Crippen molar-refractivity contribution < 1.29 is 16.8 Å². The first-order chi connectivity index (χ1) is 17.6. The Morgan fingerprint density at radius 2 is 1.57 bits per heavy atom.